The van der Waals surface area contributed by atoms with Gasteiger partial charge in [0, 0.05) is 11.6 Å². The molecule has 1 heterocycles. The Kier molecular flexibility index (Phi) is 2.08. The van der Waals surface area contributed by atoms with E-state index >= 15 is 0 Å². The van der Waals surface area contributed by atoms with E-state index in [1.807, 2.05) is 30.3 Å². The molecule has 3 heteroatoms. The van der Waals surface area contributed by atoms with Crippen LogP contribution in [0.2, 0.25) is 0 Å². The standard InChI is InChI=1S/C10H8FNO/c11-7-9-6-10(12-13-9)8-4-2-1-3-5-8/h1-6H,7H2. The predicted molar refractivity (Wildman–Crippen MR) is 46.8 cm³/mol. The summed E-state index contributed by atoms with van der Waals surface area (Å²) in [5, 5.41) is 3.74. The lowest BCUT2D eigenvalue weighted by Crippen LogP contribution is -1.73. The van der Waals surface area contributed by atoms with Crippen molar-refractivity contribution in [1.29, 1.82) is 0 Å². The summed E-state index contributed by atoms with van der Waals surface area (Å²) in [6.45, 7) is -0.611. The van der Waals surface area contributed by atoms with Crippen molar-refractivity contribution in [3.63, 3.8) is 0 Å². The lowest BCUT2D eigenvalue weighted by Gasteiger charge is -1.90. The molecule has 2 nitrogen and oxygen atoms in total. The molecule has 0 amide bonds. The van der Waals surface area contributed by atoms with Gasteiger partial charge in [0.05, 0.1) is 0 Å². The third-order valence-corrected chi connectivity index (χ3v) is 1.76. The van der Waals surface area contributed by atoms with Gasteiger partial charge in [-0.05, 0) is 0 Å². The molecule has 0 fully saturated rings. The summed E-state index contributed by atoms with van der Waals surface area (Å²) in [7, 11) is 0. The van der Waals surface area contributed by atoms with E-state index in [0.717, 1.165) is 5.56 Å². The molecule has 0 radical (unpaired) electrons. The maximum atomic E-state index is 12.1. The van der Waals surface area contributed by atoms with Crippen LogP contribution in [0.4, 0.5) is 4.39 Å². The fourth-order valence-corrected chi connectivity index (χ4v) is 1.12. The molecule has 0 bridgehead atoms. The zero-order chi connectivity index (χ0) is 9.10. The predicted octanol–water partition coefficient (Wildman–Crippen LogP) is 2.81. The third kappa shape index (κ3) is 1.59. The van der Waals surface area contributed by atoms with E-state index in [1.165, 1.54) is 0 Å². The molecule has 0 aliphatic rings. The van der Waals surface area contributed by atoms with Crippen molar-refractivity contribution in [3.8, 4) is 11.3 Å². The van der Waals surface area contributed by atoms with Gasteiger partial charge in [-0.15, -0.1) is 0 Å². The zero-order valence-corrected chi connectivity index (χ0v) is 6.90. The summed E-state index contributed by atoms with van der Waals surface area (Å²) >= 11 is 0. The number of hydrogen-bond donors (Lipinski definition) is 0. The molecule has 0 atom stereocenters. The van der Waals surface area contributed by atoms with Crippen LogP contribution in [0.5, 0.6) is 0 Å². The minimum atomic E-state index is -0.611. The molecular weight excluding hydrogens is 169 g/mol. The molecule has 0 aliphatic heterocycles. The van der Waals surface area contributed by atoms with Gasteiger partial charge < -0.3 is 4.52 Å². The van der Waals surface area contributed by atoms with E-state index in [0.29, 0.717) is 5.69 Å². The molecule has 2 rings (SSSR count). The Morgan fingerprint density at radius 2 is 2.00 bits per heavy atom. The van der Waals surface area contributed by atoms with Crippen LogP contribution in [0.25, 0.3) is 11.3 Å². The molecule has 0 N–H and O–H groups in total. The van der Waals surface area contributed by atoms with Crippen LogP contribution in [-0.2, 0) is 6.67 Å². The van der Waals surface area contributed by atoms with Gasteiger partial charge in [-0.2, -0.15) is 0 Å². The highest BCUT2D eigenvalue weighted by molar-refractivity contribution is 5.58. The molecule has 13 heavy (non-hydrogen) atoms. The van der Waals surface area contributed by atoms with Crippen molar-refractivity contribution in [3.05, 3.63) is 42.2 Å². The van der Waals surface area contributed by atoms with Gasteiger partial charge >= 0.3 is 0 Å². The summed E-state index contributed by atoms with van der Waals surface area (Å²) in [4.78, 5) is 0. The van der Waals surface area contributed by atoms with Crippen LogP contribution in [-0.4, -0.2) is 5.16 Å². The first-order chi connectivity index (χ1) is 6.40. The lowest BCUT2D eigenvalue weighted by atomic mass is 10.1. The first kappa shape index (κ1) is 7.98. The smallest absolute Gasteiger partial charge is 0.168 e. The average Bonchev–Trinajstić information content (AvgIpc) is 2.67. The number of nitrogens with zero attached hydrogens (tertiary/aromatic N) is 1. The summed E-state index contributed by atoms with van der Waals surface area (Å²) in [5.74, 6) is 0.263. The van der Waals surface area contributed by atoms with Gasteiger partial charge in [-0.3, -0.25) is 0 Å². The van der Waals surface area contributed by atoms with Crippen molar-refractivity contribution in [1.82, 2.24) is 5.16 Å². The summed E-state index contributed by atoms with van der Waals surface area (Å²) in [6, 6.07) is 11.1. The fraction of sp³-hybridized carbons (Fsp3) is 0.100. The van der Waals surface area contributed by atoms with Crippen molar-refractivity contribution in [2.45, 2.75) is 6.67 Å². The topological polar surface area (TPSA) is 26.0 Å². The quantitative estimate of drug-likeness (QED) is 0.704. The van der Waals surface area contributed by atoms with Gasteiger partial charge in [0.2, 0.25) is 0 Å². The number of halogens is 1. The van der Waals surface area contributed by atoms with Crippen molar-refractivity contribution in [2.24, 2.45) is 0 Å². The van der Waals surface area contributed by atoms with Crippen LogP contribution in [0, 0.1) is 0 Å². The summed E-state index contributed by atoms with van der Waals surface area (Å²) < 4.78 is 16.9. The Morgan fingerprint density at radius 3 is 2.62 bits per heavy atom. The van der Waals surface area contributed by atoms with Gasteiger partial charge in [-0.1, -0.05) is 35.5 Å². The molecule has 0 aliphatic carbocycles. The van der Waals surface area contributed by atoms with Crippen molar-refractivity contribution < 1.29 is 8.91 Å². The van der Waals surface area contributed by atoms with Gasteiger partial charge in [-0.25, -0.2) is 4.39 Å². The van der Waals surface area contributed by atoms with Crippen LogP contribution < -0.4 is 0 Å². The number of benzene rings is 1. The van der Waals surface area contributed by atoms with E-state index in [-0.39, 0.29) is 5.76 Å². The van der Waals surface area contributed by atoms with Crippen LogP contribution in [0.1, 0.15) is 5.76 Å². The molecule has 0 saturated heterocycles. The summed E-state index contributed by atoms with van der Waals surface area (Å²) in [6.07, 6.45) is 0. The SMILES string of the molecule is FCc1cc(-c2ccccc2)no1. The third-order valence-electron chi connectivity index (χ3n) is 1.76. The minimum Gasteiger partial charge on any atom is -0.358 e. The maximum Gasteiger partial charge on any atom is 0.168 e. The highest BCUT2D eigenvalue weighted by Crippen LogP contribution is 2.18. The van der Waals surface area contributed by atoms with E-state index in [9.17, 15) is 4.39 Å². The largest absolute Gasteiger partial charge is 0.358 e. The second kappa shape index (κ2) is 3.39. The Bertz CT molecular complexity index is 383. The average molecular weight is 177 g/mol. The summed E-state index contributed by atoms with van der Waals surface area (Å²) in [5.41, 5.74) is 1.61. The molecule has 66 valence electrons. The first-order valence-corrected chi connectivity index (χ1v) is 3.97. The van der Waals surface area contributed by atoms with Gasteiger partial charge in [0.15, 0.2) is 5.76 Å². The second-order valence-corrected chi connectivity index (χ2v) is 2.68. The van der Waals surface area contributed by atoms with Gasteiger partial charge in [0.1, 0.15) is 12.4 Å². The van der Waals surface area contributed by atoms with E-state index in [2.05, 4.69) is 5.16 Å². The Balaban J connectivity index is 2.36. The maximum absolute atomic E-state index is 12.1. The molecule has 0 spiro atoms. The lowest BCUT2D eigenvalue weighted by molar-refractivity contribution is 0.331. The highest BCUT2D eigenvalue weighted by atomic mass is 19.1. The van der Waals surface area contributed by atoms with Crippen LogP contribution >= 0.6 is 0 Å². The number of aromatic nitrogens is 1. The Hall–Kier alpha value is -1.64. The zero-order valence-electron chi connectivity index (χ0n) is 6.90. The first-order valence-electron chi connectivity index (χ1n) is 3.97. The molecule has 1 aromatic carbocycles. The molecular formula is C10H8FNO. The molecule has 1 aromatic heterocycles. The van der Waals surface area contributed by atoms with Crippen molar-refractivity contribution >= 4 is 0 Å². The van der Waals surface area contributed by atoms with E-state index in [1.54, 1.807) is 6.07 Å². The number of alkyl halides is 1. The Morgan fingerprint density at radius 1 is 1.23 bits per heavy atom. The molecule has 0 unspecified atom stereocenters. The van der Waals surface area contributed by atoms with E-state index in [4.69, 9.17) is 4.52 Å². The highest BCUT2D eigenvalue weighted by Gasteiger charge is 2.04. The van der Waals surface area contributed by atoms with Gasteiger partial charge in [0.25, 0.3) is 0 Å². The minimum absolute atomic E-state index is 0.263. The number of hydrogen-bond acceptors (Lipinski definition) is 2. The van der Waals surface area contributed by atoms with E-state index < -0.39 is 6.67 Å². The van der Waals surface area contributed by atoms with Crippen LogP contribution in [0.3, 0.4) is 0 Å². The number of rotatable bonds is 2. The second-order valence-electron chi connectivity index (χ2n) is 2.68. The Labute approximate surface area is 75.0 Å². The molecule has 2 aromatic rings. The van der Waals surface area contributed by atoms with Crippen molar-refractivity contribution in [2.75, 3.05) is 0 Å². The monoisotopic (exact) mass is 177 g/mol. The van der Waals surface area contributed by atoms with Crippen LogP contribution in [0.15, 0.2) is 40.9 Å². The normalized spacial score (nSPS) is 10.2. The molecule has 0 saturated carbocycles. The fourth-order valence-electron chi connectivity index (χ4n) is 1.12.